The maximum absolute atomic E-state index is 13.5. The van der Waals surface area contributed by atoms with E-state index < -0.39 is 5.41 Å². The Morgan fingerprint density at radius 3 is 2.41 bits per heavy atom. The minimum Gasteiger partial charge on any atom is -0.353 e. The second-order valence-corrected chi connectivity index (χ2v) is 10.6. The lowest BCUT2D eigenvalue weighted by Crippen LogP contribution is -2.47. The van der Waals surface area contributed by atoms with E-state index in [-0.39, 0.29) is 17.9 Å². The number of hydrogen-bond acceptors (Lipinski definition) is 2. The van der Waals surface area contributed by atoms with Crippen LogP contribution in [0.1, 0.15) is 51.5 Å². The van der Waals surface area contributed by atoms with E-state index in [1.165, 1.54) is 36.0 Å². The molecule has 1 heterocycles. The normalized spacial score (nSPS) is 25.6. The highest BCUT2D eigenvalue weighted by Crippen LogP contribution is 2.66. The van der Waals surface area contributed by atoms with E-state index in [1.54, 1.807) is 0 Å². The van der Waals surface area contributed by atoms with Crippen molar-refractivity contribution in [1.29, 1.82) is 0 Å². The Morgan fingerprint density at radius 1 is 1.03 bits per heavy atom. The van der Waals surface area contributed by atoms with Crippen molar-refractivity contribution < 1.29 is 9.59 Å². The summed E-state index contributed by atoms with van der Waals surface area (Å²) in [6.45, 7) is 5.22. The van der Waals surface area contributed by atoms with Crippen LogP contribution in [0.15, 0.2) is 54.6 Å². The van der Waals surface area contributed by atoms with Gasteiger partial charge in [-0.05, 0) is 68.1 Å². The van der Waals surface area contributed by atoms with Gasteiger partial charge in [-0.1, -0.05) is 61.0 Å². The largest absolute Gasteiger partial charge is 0.353 e. The van der Waals surface area contributed by atoms with Gasteiger partial charge in [0.2, 0.25) is 11.8 Å². The van der Waals surface area contributed by atoms with Gasteiger partial charge in [0.05, 0.1) is 5.41 Å². The fourth-order valence-electron chi connectivity index (χ4n) is 5.92. The zero-order chi connectivity index (χ0) is 22.3. The molecule has 2 unspecified atom stereocenters. The van der Waals surface area contributed by atoms with Crippen LogP contribution in [0.3, 0.4) is 0 Å². The molecule has 0 bridgehead atoms. The second-order valence-electron chi connectivity index (χ2n) is 10.6. The van der Waals surface area contributed by atoms with Gasteiger partial charge in [-0.15, -0.1) is 0 Å². The lowest BCUT2D eigenvalue weighted by atomic mass is 9.77. The van der Waals surface area contributed by atoms with Crippen LogP contribution in [-0.4, -0.2) is 35.8 Å². The molecule has 2 aromatic carbocycles. The molecule has 4 nitrogen and oxygen atoms in total. The van der Waals surface area contributed by atoms with Gasteiger partial charge in [-0.2, -0.15) is 0 Å². The Kier molecular flexibility index (Phi) is 5.35. The molecule has 0 aromatic heterocycles. The summed E-state index contributed by atoms with van der Waals surface area (Å²) in [6, 6.07) is 18.8. The molecule has 2 aliphatic carbocycles. The van der Waals surface area contributed by atoms with Gasteiger partial charge in [-0.25, -0.2) is 0 Å². The molecule has 1 spiro atoms. The summed E-state index contributed by atoms with van der Waals surface area (Å²) in [4.78, 5) is 28.8. The summed E-state index contributed by atoms with van der Waals surface area (Å²) in [5.74, 6) is 0.580. The Labute approximate surface area is 191 Å². The first-order chi connectivity index (χ1) is 15.4. The van der Waals surface area contributed by atoms with Gasteiger partial charge in [0.25, 0.3) is 0 Å². The molecule has 2 saturated carbocycles. The quantitative estimate of drug-likeness (QED) is 0.714. The van der Waals surface area contributed by atoms with Crippen LogP contribution in [0.4, 0.5) is 0 Å². The molecular formula is C28H34N2O2. The summed E-state index contributed by atoms with van der Waals surface area (Å²) in [7, 11) is 0. The van der Waals surface area contributed by atoms with Crippen LogP contribution in [0.2, 0.25) is 0 Å². The summed E-state index contributed by atoms with van der Waals surface area (Å²) >= 11 is 0. The number of nitrogens with zero attached hydrogens (tertiary/aromatic N) is 1. The first kappa shape index (κ1) is 21.2. The molecule has 1 N–H and O–H groups in total. The second kappa shape index (κ2) is 8.06. The molecule has 0 radical (unpaired) electrons. The number of carbonyl (C=O) groups is 2. The van der Waals surface area contributed by atoms with E-state index in [0.29, 0.717) is 30.8 Å². The Morgan fingerprint density at radius 2 is 1.75 bits per heavy atom. The summed E-state index contributed by atoms with van der Waals surface area (Å²) < 4.78 is 0. The predicted molar refractivity (Wildman–Crippen MR) is 127 cm³/mol. The van der Waals surface area contributed by atoms with Gasteiger partial charge in [0.15, 0.2) is 0 Å². The van der Waals surface area contributed by atoms with E-state index in [0.717, 1.165) is 12.8 Å². The van der Waals surface area contributed by atoms with Crippen LogP contribution < -0.4 is 5.32 Å². The molecule has 2 aromatic rings. The third-order valence-electron chi connectivity index (χ3n) is 8.04. The average molecular weight is 431 g/mol. The number of likely N-dealkylation sites (tertiary alicyclic amines) is 1. The third-order valence-corrected chi connectivity index (χ3v) is 8.04. The maximum atomic E-state index is 13.5. The smallest absolute Gasteiger partial charge is 0.228 e. The molecule has 1 saturated heterocycles. The van der Waals surface area contributed by atoms with E-state index >= 15 is 0 Å². The minimum atomic E-state index is -0.577. The summed E-state index contributed by atoms with van der Waals surface area (Å²) in [5.41, 5.74) is 3.26. The van der Waals surface area contributed by atoms with E-state index in [2.05, 4.69) is 53.8 Å². The van der Waals surface area contributed by atoms with E-state index in [4.69, 9.17) is 0 Å². The predicted octanol–water partition coefficient (Wildman–Crippen LogP) is 4.83. The standard InChI is InChI=1S/C28H34N2O2/c1-20(2)29-26(32)28(15-16-30(19-28)25(31)24-18-27(24)13-8-14-27)17-22-11-6-7-12-23(22)21-9-4-3-5-10-21/h3-7,9-12,20,24H,8,13-19H2,1-2H3,(H,29,32). The first-order valence-electron chi connectivity index (χ1n) is 12.2. The van der Waals surface area contributed by atoms with Crippen molar-refractivity contribution in [2.24, 2.45) is 16.7 Å². The number of carbonyl (C=O) groups excluding carboxylic acids is 2. The first-order valence-corrected chi connectivity index (χ1v) is 12.2. The topological polar surface area (TPSA) is 49.4 Å². The molecule has 3 aliphatic rings. The molecule has 3 fully saturated rings. The number of hydrogen-bond donors (Lipinski definition) is 1. The number of rotatable bonds is 6. The van der Waals surface area contributed by atoms with Crippen molar-refractivity contribution in [3.63, 3.8) is 0 Å². The van der Waals surface area contributed by atoms with E-state index in [1.807, 2.05) is 24.8 Å². The van der Waals surface area contributed by atoms with Gasteiger partial charge < -0.3 is 10.2 Å². The average Bonchev–Trinajstić information content (AvgIpc) is 3.40. The summed E-state index contributed by atoms with van der Waals surface area (Å²) in [5, 5.41) is 3.17. The van der Waals surface area contributed by atoms with Crippen molar-refractivity contribution in [1.82, 2.24) is 10.2 Å². The van der Waals surface area contributed by atoms with Gasteiger partial charge in [0.1, 0.15) is 0 Å². The van der Waals surface area contributed by atoms with Crippen molar-refractivity contribution in [2.75, 3.05) is 13.1 Å². The highest BCUT2D eigenvalue weighted by molar-refractivity contribution is 5.88. The lowest BCUT2D eigenvalue weighted by Gasteiger charge is -2.31. The van der Waals surface area contributed by atoms with Crippen LogP contribution in [-0.2, 0) is 16.0 Å². The van der Waals surface area contributed by atoms with Gasteiger partial charge >= 0.3 is 0 Å². The fourth-order valence-corrected chi connectivity index (χ4v) is 5.92. The highest BCUT2D eigenvalue weighted by atomic mass is 16.2. The lowest BCUT2D eigenvalue weighted by molar-refractivity contribution is -0.135. The SMILES string of the molecule is CC(C)NC(=O)C1(Cc2ccccc2-c2ccccc2)CCN(C(=O)C2CC23CCC3)C1. The molecule has 32 heavy (non-hydrogen) atoms. The molecule has 5 rings (SSSR count). The molecule has 4 heteroatoms. The molecule has 1 aliphatic heterocycles. The Balaban J connectivity index is 1.42. The van der Waals surface area contributed by atoms with Gasteiger partial charge in [-0.3, -0.25) is 9.59 Å². The van der Waals surface area contributed by atoms with Gasteiger partial charge in [0, 0.05) is 25.0 Å². The zero-order valence-corrected chi connectivity index (χ0v) is 19.3. The summed E-state index contributed by atoms with van der Waals surface area (Å²) in [6.07, 6.45) is 6.11. The molecular weight excluding hydrogens is 396 g/mol. The highest BCUT2D eigenvalue weighted by Gasteiger charge is 2.62. The van der Waals surface area contributed by atoms with Crippen molar-refractivity contribution in [2.45, 2.75) is 58.4 Å². The monoisotopic (exact) mass is 430 g/mol. The third kappa shape index (κ3) is 3.74. The molecule has 168 valence electrons. The van der Waals surface area contributed by atoms with Crippen LogP contribution >= 0.6 is 0 Å². The zero-order valence-electron chi connectivity index (χ0n) is 19.3. The molecule has 2 amide bonds. The fraction of sp³-hybridized carbons (Fsp3) is 0.500. The van der Waals surface area contributed by atoms with Crippen LogP contribution in [0.5, 0.6) is 0 Å². The Bertz CT molecular complexity index is 1010. The number of benzene rings is 2. The van der Waals surface area contributed by atoms with E-state index in [9.17, 15) is 9.59 Å². The number of nitrogens with one attached hydrogen (secondary N) is 1. The van der Waals surface area contributed by atoms with Crippen molar-refractivity contribution in [3.05, 3.63) is 60.2 Å². The Hall–Kier alpha value is -2.62. The van der Waals surface area contributed by atoms with Crippen molar-refractivity contribution in [3.8, 4) is 11.1 Å². The molecule has 2 atom stereocenters. The number of amides is 2. The maximum Gasteiger partial charge on any atom is 0.228 e. The minimum absolute atomic E-state index is 0.0789. The van der Waals surface area contributed by atoms with Crippen molar-refractivity contribution >= 4 is 11.8 Å². The van der Waals surface area contributed by atoms with Crippen LogP contribution in [0, 0.1) is 16.7 Å². The van der Waals surface area contributed by atoms with Crippen LogP contribution in [0.25, 0.3) is 11.1 Å².